The van der Waals surface area contributed by atoms with Crippen LogP contribution in [0.3, 0.4) is 0 Å². The molecule has 6 nitrogen and oxygen atoms in total. The van der Waals surface area contributed by atoms with Crippen LogP contribution < -0.4 is 10.0 Å². The highest BCUT2D eigenvalue weighted by atomic mass is 32.2. The van der Waals surface area contributed by atoms with Gasteiger partial charge in [-0.2, -0.15) is 12.7 Å². The molecule has 0 spiro atoms. The normalized spacial score (nSPS) is 18.6. The monoisotopic (exact) mass is 304 g/mol. The lowest BCUT2D eigenvalue weighted by molar-refractivity contribution is 0.272. The van der Waals surface area contributed by atoms with Crippen LogP contribution in [0.5, 0.6) is 0 Å². The molecule has 1 aromatic heterocycles. The Morgan fingerprint density at radius 3 is 2.68 bits per heavy atom. The fourth-order valence-electron chi connectivity index (χ4n) is 2.22. The molecule has 2 N–H and O–H groups in total. The highest BCUT2D eigenvalue weighted by molar-refractivity contribution is 7.90. The standard InChI is InChI=1S/C11H20N4O2S2/c1-9-8-18-11(13-9)14-19(16,17)15-5-3-10(4-6-15)7-12-2/h8,10,12H,3-7H2,1-2H3,(H,13,14). The van der Waals surface area contributed by atoms with E-state index in [1.54, 1.807) is 0 Å². The molecule has 0 amide bonds. The molecule has 8 heteroatoms. The summed E-state index contributed by atoms with van der Waals surface area (Å²) >= 11 is 1.31. The molecule has 2 heterocycles. The quantitative estimate of drug-likeness (QED) is 0.852. The first-order valence-corrected chi connectivity index (χ1v) is 8.68. The van der Waals surface area contributed by atoms with Crippen molar-refractivity contribution in [3.63, 3.8) is 0 Å². The molecule has 19 heavy (non-hydrogen) atoms. The second kappa shape index (κ2) is 6.17. The number of aromatic nitrogens is 1. The number of hydrogen-bond acceptors (Lipinski definition) is 5. The SMILES string of the molecule is CNCC1CCN(S(=O)(=O)Nc2nc(C)cs2)CC1. The third-order valence-electron chi connectivity index (χ3n) is 3.24. The minimum Gasteiger partial charge on any atom is -0.319 e. The Hall–Kier alpha value is -0.700. The first kappa shape index (κ1) is 14.7. The Morgan fingerprint density at radius 2 is 2.16 bits per heavy atom. The van der Waals surface area contributed by atoms with E-state index in [0.29, 0.717) is 24.1 Å². The Labute approximate surface area is 118 Å². The summed E-state index contributed by atoms with van der Waals surface area (Å²) < 4.78 is 28.4. The number of hydrogen-bond donors (Lipinski definition) is 2. The van der Waals surface area contributed by atoms with Crippen molar-refractivity contribution in [2.45, 2.75) is 19.8 Å². The lowest BCUT2D eigenvalue weighted by Crippen LogP contribution is -2.43. The zero-order chi connectivity index (χ0) is 13.9. The molecule has 0 radical (unpaired) electrons. The van der Waals surface area contributed by atoms with Gasteiger partial charge in [-0.05, 0) is 39.3 Å². The third kappa shape index (κ3) is 3.88. The minimum absolute atomic E-state index is 0.440. The van der Waals surface area contributed by atoms with Crippen LogP contribution in [-0.4, -0.2) is 44.4 Å². The van der Waals surface area contributed by atoms with Crippen molar-refractivity contribution in [2.75, 3.05) is 31.4 Å². The van der Waals surface area contributed by atoms with E-state index in [9.17, 15) is 8.42 Å². The van der Waals surface area contributed by atoms with Crippen molar-refractivity contribution in [2.24, 2.45) is 5.92 Å². The maximum absolute atomic E-state index is 12.2. The lowest BCUT2D eigenvalue weighted by Gasteiger charge is -2.30. The minimum atomic E-state index is -3.45. The molecule has 0 atom stereocenters. The molecular weight excluding hydrogens is 284 g/mol. The van der Waals surface area contributed by atoms with Crippen LogP contribution in [-0.2, 0) is 10.2 Å². The molecule has 0 aromatic carbocycles. The fraction of sp³-hybridized carbons (Fsp3) is 0.727. The zero-order valence-corrected chi connectivity index (χ0v) is 12.9. The van der Waals surface area contributed by atoms with E-state index >= 15 is 0 Å². The van der Waals surface area contributed by atoms with E-state index in [-0.39, 0.29) is 0 Å². The van der Waals surface area contributed by atoms with Crippen molar-refractivity contribution in [3.8, 4) is 0 Å². The summed E-state index contributed by atoms with van der Waals surface area (Å²) in [5.74, 6) is 0.568. The van der Waals surface area contributed by atoms with Crippen LogP contribution in [0.25, 0.3) is 0 Å². The Morgan fingerprint density at radius 1 is 1.47 bits per heavy atom. The molecule has 0 bridgehead atoms. The van der Waals surface area contributed by atoms with Gasteiger partial charge in [0.15, 0.2) is 5.13 Å². The van der Waals surface area contributed by atoms with Gasteiger partial charge in [0.2, 0.25) is 0 Å². The summed E-state index contributed by atoms with van der Waals surface area (Å²) in [6.45, 7) is 3.95. The summed E-state index contributed by atoms with van der Waals surface area (Å²) in [4.78, 5) is 4.13. The van der Waals surface area contributed by atoms with Crippen molar-refractivity contribution in [1.29, 1.82) is 0 Å². The van der Waals surface area contributed by atoms with E-state index in [2.05, 4.69) is 15.0 Å². The van der Waals surface area contributed by atoms with Crippen molar-refractivity contribution < 1.29 is 8.42 Å². The second-order valence-electron chi connectivity index (χ2n) is 4.80. The molecule has 1 aliphatic heterocycles. The predicted molar refractivity (Wildman–Crippen MR) is 77.6 cm³/mol. The van der Waals surface area contributed by atoms with Crippen LogP contribution in [0, 0.1) is 12.8 Å². The van der Waals surface area contributed by atoms with Crippen molar-refractivity contribution in [1.82, 2.24) is 14.6 Å². The summed E-state index contributed by atoms with van der Waals surface area (Å²) in [6.07, 6.45) is 1.80. The second-order valence-corrected chi connectivity index (χ2v) is 7.33. The van der Waals surface area contributed by atoms with Gasteiger partial charge in [0.25, 0.3) is 0 Å². The molecule has 1 aliphatic rings. The summed E-state index contributed by atoms with van der Waals surface area (Å²) in [5, 5.41) is 5.41. The number of rotatable bonds is 5. The van der Waals surface area contributed by atoms with Crippen LogP contribution in [0.1, 0.15) is 18.5 Å². The van der Waals surface area contributed by atoms with Crippen LogP contribution in [0.15, 0.2) is 5.38 Å². The average Bonchev–Trinajstić information content (AvgIpc) is 2.75. The van der Waals surface area contributed by atoms with Gasteiger partial charge in [-0.15, -0.1) is 11.3 Å². The molecule has 1 fully saturated rings. The number of anilines is 1. The number of piperidine rings is 1. The van der Waals surface area contributed by atoms with Gasteiger partial charge in [0.1, 0.15) is 0 Å². The van der Waals surface area contributed by atoms with Gasteiger partial charge in [-0.25, -0.2) is 9.71 Å². The highest BCUT2D eigenvalue weighted by Crippen LogP contribution is 2.22. The number of aryl methyl sites for hydroxylation is 1. The summed E-state index contributed by atoms with van der Waals surface area (Å²) in [5.41, 5.74) is 0.829. The van der Waals surface area contributed by atoms with Crippen LogP contribution in [0.4, 0.5) is 5.13 Å². The molecule has 0 aliphatic carbocycles. The Kier molecular flexibility index (Phi) is 4.77. The van der Waals surface area contributed by atoms with E-state index in [1.165, 1.54) is 15.6 Å². The molecule has 0 saturated carbocycles. The topological polar surface area (TPSA) is 74.3 Å². The molecule has 1 aromatic rings. The predicted octanol–water partition coefficient (Wildman–Crippen LogP) is 1.04. The first-order chi connectivity index (χ1) is 9.01. The smallest absolute Gasteiger partial charge is 0.303 e. The maximum Gasteiger partial charge on any atom is 0.303 e. The fourth-order valence-corrected chi connectivity index (χ4v) is 4.35. The van der Waals surface area contributed by atoms with Crippen molar-refractivity contribution in [3.05, 3.63) is 11.1 Å². The number of nitrogens with one attached hydrogen (secondary N) is 2. The van der Waals surface area contributed by atoms with Gasteiger partial charge in [-0.3, -0.25) is 0 Å². The largest absolute Gasteiger partial charge is 0.319 e. The van der Waals surface area contributed by atoms with Crippen LogP contribution in [0.2, 0.25) is 0 Å². The molecule has 2 rings (SSSR count). The number of thiazole rings is 1. The Balaban J connectivity index is 1.94. The average molecular weight is 304 g/mol. The van der Waals surface area contributed by atoms with Crippen molar-refractivity contribution >= 4 is 26.7 Å². The van der Waals surface area contributed by atoms with Gasteiger partial charge in [0.05, 0.1) is 5.69 Å². The van der Waals surface area contributed by atoms with E-state index in [0.717, 1.165) is 25.1 Å². The number of nitrogens with zero attached hydrogens (tertiary/aromatic N) is 2. The van der Waals surface area contributed by atoms with Gasteiger partial charge < -0.3 is 5.32 Å². The maximum atomic E-state index is 12.2. The van der Waals surface area contributed by atoms with E-state index in [1.807, 2.05) is 19.4 Å². The lowest BCUT2D eigenvalue weighted by atomic mass is 9.98. The van der Waals surface area contributed by atoms with Gasteiger partial charge in [-0.1, -0.05) is 0 Å². The third-order valence-corrected chi connectivity index (χ3v) is 5.74. The molecular formula is C11H20N4O2S2. The highest BCUT2D eigenvalue weighted by Gasteiger charge is 2.28. The first-order valence-electron chi connectivity index (χ1n) is 6.36. The zero-order valence-electron chi connectivity index (χ0n) is 11.2. The summed E-state index contributed by atoms with van der Waals surface area (Å²) in [6, 6.07) is 0. The Bertz CT molecular complexity index is 507. The molecule has 1 saturated heterocycles. The summed E-state index contributed by atoms with van der Waals surface area (Å²) in [7, 11) is -1.52. The van der Waals surface area contributed by atoms with E-state index < -0.39 is 10.2 Å². The van der Waals surface area contributed by atoms with Gasteiger partial charge in [0, 0.05) is 18.5 Å². The van der Waals surface area contributed by atoms with Crippen LogP contribution >= 0.6 is 11.3 Å². The molecule has 0 unspecified atom stereocenters. The molecule has 108 valence electrons. The van der Waals surface area contributed by atoms with Gasteiger partial charge >= 0.3 is 10.2 Å². The van der Waals surface area contributed by atoms with E-state index in [4.69, 9.17) is 0 Å².